The molecule has 5 nitrogen and oxygen atoms in total. The third kappa shape index (κ3) is 3.36. The van der Waals surface area contributed by atoms with Gasteiger partial charge >= 0.3 is 6.09 Å². The molecule has 1 aliphatic rings. The van der Waals surface area contributed by atoms with Crippen molar-refractivity contribution in [1.82, 2.24) is 4.90 Å². The molecule has 5 heteroatoms. The first kappa shape index (κ1) is 16.3. The SMILES string of the molecule is Cc1ccc(Oc2ccccc2C2(O)CCN(C(=O)O)CC2)cc1. The number of carboxylic acid groups (broad SMARTS) is 1. The lowest BCUT2D eigenvalue weighted by atomic mass is 9.84. The summed E-state index contributed by atoms with van der Waals surface area (Å²) in [5.74, 6) is 1.31. The predicted molar refractivity (Wildman–Crippen MR) is 90.4 cm³/mol. The third-order valence-corrected chi connectivity index (χ3v) is 4.50. The zero-order valence-corrected chi connectivity index (χ0v) is 13.6. The highest BCUT2D eigenvalue weighted by atomic mass is 16.5. The molecule has 1 aliphatic heterocycles. The highest BCUT2D eigenvalue weighted by Crippen LogP contribution is 2.39. The second kappa shape index (κ2) is 6.53. The summed E-state index contributed by atoms with van der Waals surface area (Å²) >= 11 is 0. The fourth-order valence-electron chi connectivity index (χ4n) is 3.01. The van der Waals surface area contributed by atoms with Crippen molar-refractivity contribution in [1.29, 1.82) is 0 Å². The van der Waals surface area contributed by atoms with Crippen LogP contribution in [0.3, 0.4) is 0 Å². The summed E-state index contributed by atoms with van der Waals surface area (Å²) in [6, 6.07) is 15.1. The molecule has 1 fully saturated rings. The first-order chi connectivity index (χ1) is 11.5. The molecule has 0 unspecified atom stereocenters. The molecule has 0 spiro atoms. The highest BCUT2D eigenvalue weighted by Gasteiger charge is 2.37. The maximum atomic E-state index is 11.1. The monoisotopic (exact) mass is 327 g/mol. The Morgan fingerprint density at radius 2 is 1.71 bits per heavy atom. The number of benzene rings is 2. The van der Waals surface area contributed by atoms with Crippen LogP contribution in [-0.2, 0) is 5.60 Å². The van der Waals surface area contributed by atoms with Gasteiger partial charge in [0.2, 0.25) is 0 Å². The smallest absolute Gasteiger partial charge is 0.407 e. The summed E-state index contributed by atoms with van der Waals surface area (Å²) in [6.45, 7) is 2.63. The van der Waals surface area contributed by atoms with Gasteiger partial charge in [-0.15, -0.1) is 0 Å². The van der Waals surface area contributed by atoms with E-state index >= 15 is 0 Å². The highest BCUT2D eigenvalue weighted by molar-refractivity contribution is 5.65. The number of aliphatic hydroxyl groups is 1. The van der Waals surface area contributed by atoms with Crippen molar-refractivity contribution in [3.63, 3.8) is 0 Å². The minimum absolute atomic E-state index is 0.310. The van der Waals surface area contributed by atoms with E-state index in [1.165, 1.54) is 4.90 Å². The molecule has 2 N–H and O–H groups in total. The number of hydrogen-bond acceptors (Lipinski definition) is 3. The third-order valence-electron chi connectivity index (χ3n) is 4.50. The number of piperidine rings is 1. The maximum absolute atomic E-state index is 11.1. The van der Waals surface area contributed by atoms with Crippen LogP contribution in [0, 0.1) is 6.92 Å². The van der Waals surface area contributed by atoms with E-state index in [-0.39, 0.29) is 0 Å². The lowest BCUT2D eigenvalue weighted by Crippen LogP contribution is -2.44. The van der Waals surface area contributed by atoms with Crippen molar-refractivity contribution in [2.75, 3.05) is 13.1 Å². The molecule has 24 heavy (non-hydrogen) atoms. The molecule has 0 aromatic heterocycles. The number of rotatable bonds is 3. The number of hydrogen-bond donors (Lipinski definition) is 2. The van der Waals surface area contributed by atoms with Crippen LogP contribution in [0.2, 0.25) is 0 Å². The average Bonchev–Trinajstić information content (AvgIpc) is 2.58. The van der Waals surface area contributed by atoms with Gasteiger partial charge in [0.25, 0.3) is 0 Å². The summed E-state index contributed by atoms with van der Waals surface area (Å²) in [6.07, 6.45) is -0.234. The van der Waals surface area contributed by atoms with Gasteiger partial charge in [-0.1, -0.05) is 35.9 Å². The molecule has 0 aliphatic carbocycles. The second-order valence-corrected chi connectivity index (χ2v) is 6.21. The van der Waals surface area contributed by atoms with Gasteiger partial charge in [-0.05, 0) is 38.0 Å². The molecule has 2 aromatic carbocycles. The van der Waals surface area contributed by atoms with E-state index in [1.807, 2.05) is 55.5 Å². The molecule has 1 heterocycles. The summed E-state index contributed by atoms with van der Waals surface area (Å²) in [4.78, 5) is 12.4. The van der Waals surface area contributed by atoms with E-state index in [2.05, 4.69) is 0 Å². The van der Waals surface area contributed by atoms with Crippen LogP contribution < -0.4 is 4.74 Å². The van der Waals surface area contributed by atoms with Gasteiger partial charge in [-0.2, -0.15) is 0 Å². The Labute approximate surface area is 141 Å². The first-order valence-electron chi connectivity index (χ1n) is 8.02. The van der Waals surface area contributed by atoms with Gasteiger partial charge in [0.05, 0.1) is 5.60 Å². The molecule has 0 bridgehead atoms. The van der Waals surface area contributed by atoms with Crippen molar-refractivity contribution < 1.29 is 19.7 Å². The van der Waals surface area contributed by atoms with Crippen LogP contribution in [0.5, 0.6) is 11.5 Å². The van der Waals surface area contributed by atoms with Crippen molar-refractivity contribution in [3.05, 3.63) is 59.7 Å². The van der Waals surface area contributed by atoms with Crippen LogP contribution >= 0.6 is 0 Å². The van der Waals surface area contributed by atoms with E-state index < -0.39 is 11.7 Å². The lowest BCUT2D eigenvalue weighted by Gasteiger charge is -2.37. The Balaban J connectivity index is 1.84. The molecule has 1 amide bonds. The molecule has 0 radical (unpaired) electrons. The summed E-state index contributed by atoms with van der Waals surface area (Å²) < 4.78 is 5.97. The number of amides is 1. The normalized spacial score (nSPS) is 16.7. The van der Waals surface area contributed by atoms with Crippen LogP contribution in [0.25, 0.3) is 0 Å². The predicted octanol–water partition coefficient (Wildman–Crippen LogP) is 3.75. The first-order valence-corrected chi connectivity index (χ1v) is 8.02. The summed E-state index contributed by atoms with van der Waals surface area (Å²) in [7, 11) is 0. The summed E-state index contributed by atoms with van der Waals surface area (Å²) in [5, 5.41) is 20.1. The Kier molecular flexibility index (Phi) is 4.44. The van der Waals surface area contributed by atoms with Gasteiger partial charge in [-0.25, -0.2) is 4.79 Å². The van der Waals surface area contributed by atoms with E-state index in [0.717, 1.165) is 5.56 Å². The lowest BCUT2D eigenvalue weighted by molar-refractivity contribution is -0.0225. The molecule has 0 saturated carbocycles. The molecule has 1 saturated heterocycles. The molecular weight excluding hydrogens is 306 g/mol. The molecule has 126 valence electrons. The Hall–Kier alpha value is -2.53. The number of aryl methyl sites for hydroxylation is 1. The largest absolute Gasteiger partial charge is 0.465 e. The minimum atomic E-state index is -1.08. The van der Waals surface area contributed by atoms with Crippen LogP contribution in [0.1, 0.15) is 24.0 Å². The van der Waals surface area contributed by atoms with Crippen LogP contribution in [0.15, 0.2) is 48.5 Å². The fraction of sp³-hybridized carbons (Fsp3) is 0.316. The standard InChI is InChI=1S/C19H21NO4/c1-14-6-8-15(9-7-14)24-17-5-3-2-4-16(17)19(23)10-12-20(13-11-19)18(21)22/h2-9,23H,10-13H2,1H3,(H,21,22). The van der Waals surface area contributed by atoms with Crippen molar-refractivity contribution in [3.8, 4) is 11.5 Å². The van der Waals surface area contributed by atoms with E-state index in [4.69, 9.17) is 9.84 Å². The number of carbonyl (C=O) groups is 1. The Morgan fingerprint density at radius 1 is 1.08 bits per heavy atom. The number of likely N-dealkylation sites (tertiary alicyclic amines) is 1. The molecule has 0 atom stereocenters. The number of ether oxygens (including phenoxy) is 1. The molecule has 2 aromatic rings. The zero-order valence-electron chi connectivity index (χ0n) is 13.6. The number of nitrogens with zero attached hydrogens (tertiary/aromatic N) is 1. The minimum Gasteiger partial charge on any atom is -0.465 e. The van der Waals surface area contributed by atoms with E-state index in [0.29, 0.717) is 43.0 Å². The second-order valence-electron chi connectivity index (χ2n) is 6.21. The topological polar surface area (TPSA) is 70.0 Å². The molecule has 3 rings (SSSR count). The van der Waals surface area contributed by atoms with Crippen LogP contribution in [-0.4, -0.2) is 34.3 Å². The van der Waals surface area contributed by atoms with Gasteiger partial charge in [0.1, 0.15) is 11.5 Å². The average molecular weight is 327 g/mol. The Morgan fingerprint density at radius 3 is 2.33 bits per heavy atom. The molecular formula is C19H21NO4. The summed E-state index contributed by atoms with van der Waals surface area (Å²) in [5.41, 5.74) is 0.777. The van der Waals surface area contributed by atoms with Crippen molar-refractivity contribution in [2.24, 2.45) is 0 Å². The van der Waals surface area contributed by atoms with Gasteiger partial charge < -0.3 is 19.8 Å². The fourth-order valence-corrected chi connectivity index (χ4v) is 3.01. The van der Waals surface area contributed by atoms with Gasteiger partial charge in [-0.3, -0.25) is 0 Å². The van der Waals surface area contributed by atoms with Crippen molar-refractivity contribution >= 4 is 6.09 Å². The van der Waals surface area contributed by atoms with E-state index in [9.17, 15) is 9.90 Å². The van der Waals surface area contributed by atoms with Gasteiger partial charge in [0, 0.05) is 18.7 Å². The van der Waals surface area contributed by atoms with Gasteiger partial charge in [0.15, 0.2) is 0 Å². The van der Waals surface area contributed by atoms with E-state index in [1.54, 1.807) is 0 Å². The number of para-hydroxylation sites is 1. The van der Waals surface area contributed by atoms with Crippen molar-refractivity contribution in [2.45, 2.75) is 25.4 Å². The Bertz CT molecular complexity index is 718. The quantitative estimate of drug-likeness (QED) is 0.901. The zero-order chi connectivity index (χ0) is 17.2. The maximum Gasteiger partial charge on any atom is 0.407 e. The van der Waals surface area contributed by atoms with Crippen LogP contribution in [0.4, 0.5) is 4.79 Å².